The fraction of sp³-hybridized carbons (Fsp3) is 0.556. The van der Waals surface area contributed by atoms with Crippen LogP contribution in [0.4, 0.5) is 0 Å². The number of aromatic nitrogens is 3. The molecule has 0 spiro atoms. The third kappa shape index (κ3) is 3.74. The first-order chi connectivity index (χ1) is 10.7. The molecule has 1 aromatic carbocycles. The van der Waals surface area contributed by atoms with E-state index in [9.17, 15) is 0 Å². The number of hydrogen-bond acceptors (Lipinski definition) is 3. The summed E-state index contributed by atoms with van der Waals surface area (Å²) in [6.45, 7) is 5.31. The lowest BCUT2D eigenvalue weighted by molar-refractivity contribution is 0.167. The Bertz CT molecular complexity index is 582. The van der Waals surface area contributed by atoms with Crippen LogP contribution in [0.3, 0.4) is 0 Å². The lowest BCUT2D eigenvalue weighted by Crippen LogP contribution is -2.34. The zero-order chi connectivity index (χ0) is 15.4. The minimum absolute atomic E-state index is 0.873. The Morgan fingerprint density at radius 3 is 2.45 bits per heavy atom. The Morgan fingerprint density at radius 1 is 1.09 bits per heavy atom. The maximum Gasteiger partial charge on any atom is 0.146 e. The van der Waals surface area contributed by atoms with Crippen LogP contribution in [0, 0.1) is 12.8 Å². The van der Waals surface area contributed by atoms with Crippen LogP contribution in [-0.2, 0) is 20.0 Å². The van der Waals surface area contributed by atoms with Crippen molar-refractivity contribution in [2.24, 2.45) is 13.0 Å². The Kier molecular flexibility index (Phi) is 4.88. The Labute approximate surface area is 133 Å². The molecular formula is C18H26N4. The summed E-state index contributed by atoms with van der Waals surface area (Å²) in [7, 11) is 2.05. The van der Waals surface area contributed by atoms with Crippen molar-refractivity contribution in [2.45, 2.75) is 39.2 Å². The highest BCUT2D eigenvalue weighted by Crippen LogP contribution is 2.23. The van der Waals surface area contributed by atoms with E-state index in [0.717, 1.165) is 24.1 Å². The number of benzene rings is 1. The van der Waals surface area contributed by atoms with Crippen molar-refractivity contribution < 1.29 is 0 Å². The van der Waals surface area contributed by atoms with Gasteiger partial charge in [0.05, 0.1) is 6.54 Å². The quantitative estimate of drug-likeness (QED) is 0.851. The van der Waals surface area contributed by atoms with Crippen LogP contribution in [-0.4, -0.2) is 32.8 Å². The van der Waals surface area contributed by atoms with Crippen molar-refractivity contribution in [3.63, 3.8) is 0 Å². The molecule has 2 heterocycles. The van der Waals surface area contributed by atoms with Gasteiger partial charge >= 0.3 is 0 Å². The van der Waals surface area contributed by atoms with Crippen LogP contribution >= 0.6 is 0 Å². The largest absolute Gasteiger partial charge is 0.317 e. The molecule has 0 amide bonds. The van der Waals surface area contributed by atoms with E-state index in [1.54, 1.807) is 0 Å². The molecule has 4 nitrogen and oxygen atoms in total. The van der Waals surface area contributed by atoms with Crippen LogP contribution in [0.1, 0.15) is 36.5 Å². The number of aryl methyl sites for hydroxylation is 2. The van der Waals surface area contributed by atoms with Crippen LogP contribution in [0.5, 0.6) is 0 Å². The van der Waals surface area contributed by atoms with E-state index in [4.69, 9.17) is 0 Å². The number of piperidine rings is 1. The highest BCUT2D eigenvalue weighted by Gasteiger charge is 2.20. The normalized spacial score (nSPS) is 17.0. The summed E-state index contributed by atoms with van der Waals surface area (Å²) >= 11 is 0. The second-order valence-electron chi connectivity index (χ2n) is 6.47. The van der Waals surface area contributed by atoms with Crippen molar-refractivity contribution in [1.29, 1.82) is 0 Å². The van der Waals surface area contributed by atoms with Gasteiger partial charge in [-0.15, -0.1) is 10.2 Å². The first kappa shape index (κ1) is 15.2. The lowest BCUT2D eigenvalue weighted by Gasteiger charge is -2.31. The van der Waals surface area contributed by atoms with Gasteiger partial charge in [0.2, 0.25) is 0 Å². The molecule has 22 heavy (non-hydrogen) atoms. The fourth-order valence-electron chi connectivity index (χ4n) is 3.24. The molecule has 0 bridgehead atoms. The van der Waals surface area contributed by atoms with Crippen LogP contribution in [0.15, 0.2) is 30.3 Å². The molecule has 2 aromatic rings. The second-order valence-corrected chi connectivity index (χ2v) is 6.47. The van der Waals surface area contributed by atoms with Gasteiger partial charge in [0, 0.05) is 7.05 Å². The summed E-state index contributed by atoms with van der Waals surface area (Å²) < 4.78 is 2.10. The molecule has 0 aliphatic carbocycles. The van der Waals surface area contributed by atoms with Crippen molar-refractivity contribution in [3.05, 3.63) is 47.5 Å². The topological polar surface area (TPSA) is 34.0 Å². The SMILES string of the molecule is Cc1nnc(CN2CCC(CCc3ccccc3)CC2)n1C. The van der Waals surface area contributed by atoms with Gasteiger partial charge in [0.25, 0.3) is 0 Å². The zero-order valence-corrected chi connectivity index (χ0v) is 13.7. The van der Waals surface area contributed by atoms with Gasteiger partial charge in [-0.25, -0.2) is 0 Å². The molecule has 0 radical (unpaired) electrons. The summed E-state index contributed by atoms with van der Waals surface area (Å²) in [5.41, 5.74) is 1.47. The smallest absolute Gasteiger partial charge is 0.146 e. The summed E-state index contributed by atoms with van der Waals surface area (Å²) in [5.74, 6) is 2.95. The van der Waals surface area contributed by atoms with Crippen molar-refractivity contribution in [1.82, 2.24) is 19.7 Å². The van der Waals surface area contributed by atoms with Crippen LogP contribution < -0.4 is 0 Å². The van der Waals surface area contributed by atoms with E-state index in [0.29, 0.717) is 0 Å². The predicted molar refractivity (Wildman–Crippen MR) is 88.5 cm³/mol. The molecule has 1 aromatic heterocycles. The molecule has 4 heteroatoms. The summed E-state index contributed by atoms with van der Waals surface area (Å²) in [4.78, 5) is 2.52. The number of likely N-dealkylation sites (tertiary alicyclic amines) is 1. The van der Waals surface area contributed by atoms with Gasteiger partial charge in [0.15, 0.2) is 0 Å². The van der Waals surface area contributed by atoms with E-state index in [2.05, 4.69) is 57.0 Å². The highest BCUT2D eigenvalue weighted by molar-refractivity contribution is 5.14. The second kappa shape index (κ2) is 7.05. The first-order valence-corrected chi connectivity index (χ1v) is 8.33. The zero-order valence-electron chi connectivity index (χ0n) is 13.7. The van der Waals surface area contributed by atoms with E-state index in [1.165, 1.54) is 44.3 Å². The minimum atomic E-state index is 0.873. The number of hydrogen-bond donors (Lipinski definition) is 0. The van der Waals surface area contributed by atoms with Crippen molar-refractivity contribution in [3.8, 4) is 0 Å². The summed E-state index contributed by atoms with van der Waals surface area (Å²) in [5, 5.41) is 8.42. The molecule has 1 aliphatic rings. The van der Waals surface area contributed by atoms with Crippen LogP contribution in [0.2, 0.25) is 0 Å². The van der Waals surface area contributed by atoms with Crippen LogP contribution in [0.25, 0.3) is 0 Å². The maximum absolute atomic E-state index is 4.28. The van der Waals surface area contributed by atoms with Gasteiger partial charge < -0.3 is 4.57 Å². The van der Waals surface area contributed by atoms with E-state index in [-0.39, 0.29) is 0 Å². The summed E-state index contributed by atoms with van der Waals surface area (Å²) in [6.07, 6.45) is 5.16. The summed E-state index contributed by atoms with van der Waals surface area (Å²) in [6, 6.07) is 10.9. The third-order valence-electron chi connectivity index (χ3n) is 4.94. The number of rotatable bonds is 5. The van der Waals surface area contributed by atoms with Crippen molar-refractivity contribution >= 4 is 0 Å². The lowest BCUT2D eigenvalue weighted by atomic mass is 9.90. The van der Waals surface area contributed by atoms with Gasteiger partial charge in [-0.05, 0) is 57.2 Å². The first-order valence-electron chi connectivity index (χ1n) is 8.33. The highest BCUT2D eigenvalue weighted by atomic mass is 15.3. The predicted octanol–water partition coefficient (Wildman–Crippen LogP) is 2.97. The molecule has 118 valence electrons. The molecule has 0 atom stereocenters. The molecule has 0 saturated carbocycles. The average molecular weight is 298 g/mol. The van der Waals surface area contributed by atoms with E-state index < -0.39 is 0 Å². The standard InChI is InChI=1S/C18H26N4/c1-15-19-20-18(21(15)2)14-22-12-10-17(11-13-22)9-8-16-6-4-3-5-7-16/h3-7,17H,8-14H2,1-2H3. The number of nitrogens with zero attached hydrogens (tertiary/aromatic N) is 4. The molecule has 3 rings (SSSR count). The van der Waals surface area contributed by atoms with Crippen molar-refractivity contribution in [2.75, 3.05) is 13.1 Å². The molecule has 0 N–H and O–H groups in total. The molecule has 1 saturated heterocycles. The monoisotopic (exact) mass is 298 g/mol. The average Bonchev–Trinajstić information content (AvgIpc) is 2.87. The Hall–Kier alpha value is -1.68. The maximum atomic E-state index is 4.28. The van der Waals surface area contributed by atoms with Gasteiger partial charge in [-0.3, -0.25) is 4.90 Å². The Morgan fingerprint density at radius 2 is 1.82 bits per heavy atom. The third-order valence-corrected chi connectivity index (χ3v) is 4.94. The fourth-order valence-corrected chi connectivity index (χ4v) is 3.24. The van der Waals surface area contributed by atoms with Gasteiger partial charge in [-0.2, -0.15) is 0 Å². The van der Waals surface area contributed by atoms with E-state index >= 15 is 0 Å². The molecule has 1 fully saturated rings. The minimum Gasteiger partial charge on any atom is -0.317 e. The Balaban J connectivity index is 1.43. The molecule has 0 unspecified atom stereocenters. The van der Waals surface area contributed by atoms with Gasteiger partial charge in [-0.1, -0.05) is 30.3 Å². The molecule has 1 aliphatic heterocycles. The van der Waals surface area contributed by atoms with Gasteiger partial charge in [0.1, 0.15) is 11.6 Å². The van der Waals surface area contributed by atoms with E-state index in [1.807, 2.05) is 6.92 Å². The molecular weight excluding hydrogens is 272 g/mol.